The van der Waals surface area contributed by atoms with Crippen molar-refractivity contribution >= 4 is 17.4 Å². The first kappa shape index (κ1) is 21.5. The van der Waals surface area contributed by atoms with Gasteiger partial charge in [-0.25, -0.2) is 4.98 Å². The van der Waals surface area contributed by atoms with Gasteiger partial charge in [0.15, 0.2) is 0 Å². The molecule has 5 rings (SSSR count). The molecule has 5 heteroatoms. The van der Waals surface area contributed by atoms with E-state index in [4.69, 9.17) is 9.72 Å². The number of benzene rings is 3. The number of ether oxygens (including phenoxy) is 1. The number of amides is 1. The predicted molar refractivity (Wildman–Crippen MR) is 135 cm³/mol. The Morgan fingerprint density at radius 2 is 1.50 bits per heavy atom. The number of aryl methyl sites for hydroxylation is 1. The van der Waals surface area contributed by atoms with Crippen molar-refractivity contribution in [3.8, 4) is 17.0 Å². The number of carbonyl (C=O) groups is 1. The molecule has 0 atom stereocenters. The van der Waals surface area contributed by atoms with Crippen molar-refractivity contribution < 1.29 is 9.53 Å². The van der Waals surface area contributed by atoms with Crippen LogP contribution in [-0.2, 0) is 4.79 Å². The van der Waals surface area contributed by atoms with Gasteiger partial charge in [0.1, 0.15) is 22.9 Å². The monoisotopic (exact) mass is 447 g/mol. The highest BCUT2D eigenvalue weighted by atomic mass is 16.5. The molecule has 0 aliphatic rings. The fourth-order valence-electron chi connectivity index (χ4n) is 4.27. The number of pyridine rings is 1. The molecular weight excluding hydrogens is 422 g/mol. The number of aromatic nitrogens is 2. The Bertz CT molecular complexity index is 1400. The second kappa shape index (κ2) is 9.24. The Morgan fingerprint density at radius 3 is 2.15 bits per heavy atom. The van der Waals surface area contributed by atoms with Crippen LogP contribution in [-0.4, -0.2) is 22.4 Å². The Kier molecular flexibility index (Phi) is 5.83. The van der Waals surface area contributed by atoms with Gasteiger partial charge in [-0.05, 0) is 47.9 Å². The summed E-state index contributed by atoms with van der Waals surface area (Å²) in [5.74, 6) is 0.710. The van der Waals surface area contributed by atoms with Gasteiger partial charge in [-0.1, -0.05) is 72.8 Å². The Labute approximate surface area is 198 Å². The molecule has 34 heavy (non-hydrogen) atoms. The number of hydrogen-bond donors (Lipinski definition) is 1. The molecule has 0 bridgehead atoms. The first-order valence-corrected chi connectivity index (χ1v) is 11.2. The van der Waals surface area contributed by atoms with Crippen molar-refractivity contribution in [2.45, 2.75) is 12.8 Å². The second-order valence-electron chi connectivity index (χ2n) is 8.19. The van der Waals surface area contributed by atoms with Crippen molar-refractivity contribution in [2.24, 2.45) is 0 Å². The van der Waals surface area contributed by atoms with Crippen LogP contribution in [0.3, 0.4) is 0 Å². The number of imidazole rings is 1. The van der Waals surface area contributed by atoms with E-state index in [9.17, 15) is 4.79 Å². The number of nitrogens with one attached hydrogen (secondary N) is 1. The number of nitrogens with zero attached hydrogens (tertiary/aromatic N) is 2. The molecule has 2 heterocycles. The Balaban J connectivity index is 1.64. The summed E-state index contributed by atoms with van der Waals surface area (Å²) >= 11 is 0. The topological polar surface area (TPSA) is 55.6 Å². The normalized spacial score (nSPS) is 11.0. The molecule has 0 unspecified atom stereocenters. The minimum atomic E-state index is -0.469. The van der Waals surface area contributed by atoms with Crippen molar-refractivity contribution in [1.29, 1.82) is 0 Å². The van der Waals surface area contributed by atoms with Crippen LogP contribution in [0, 0.1) is 6.92 Å². The third-order valence-corrected chi connectivity index (χ3v) is 5.91. The third kappa shape index (κ3) is 4.04. The molecule has 0 fully saturated rings. The maximum Gasteiger partial charge on any atom is 0.237 e. The molecule has 5 nitrogen and oxygen atoms in total. The molecule has 5 aromatic rings. The van der Waals surface area contributed by atoms with Crippen molar-refractivity contribution in [3.63, 3.8) is 0 Å². The second-order valence-corrected chi connectivity index (χ2v) is 8.19. The number of methoxy groups -OCH3 is 1. The van der Waals surface area contributed by atoms with E-state index >= 15 is 0 Å². The summed E-state index contributed by atoms with van der Waals surface area (Å²) in [6, 6.07) is 31.4. The summed E-state index contributed by atoms with van der Waals surface area (Å²) in [4.78, 5) is 18.8. The van der Waals surface area contributed by atoms with Crippen LogP contribution in [0.15, 0.2) is 103 Å². The van der Waals surface area contributed by atoms with Crippen LogP contribution in [0.4, 0.5) is 5.82 Å². The number of rotatable bonds is 6. The molecule has 0 aliphatic carbocycles. The van der Waals surface area contributed by atoms with Gasteiger partial charge in [-0.3, -0.25) is 9.20 Å². The van der Waals surface area contributed by atoms with Gasteiger partial charge in [-0.2, -0.15) is 0 Å². The molecule has 0 saturated carbocycles. The van der Waals surface area contributed by atoms with Gasteiger partial charge in [0.2, 0.25) is 5.91 Å². The van der Waals surface area contributed by atoms with Gasteiger partial charge in [0, 0.05) is 11.8 Å². The zero-order valence-corrected chi connectivity index (χ0v) is 19.1. The highest BCUT2D eigenvalue weighted by molar-refractivity contribution is 6.00. The van der Waals surface area contributed by atoms with Crippen LogP contribution in [0.2, 0.25) is 0 Å². The summed E-state index contributed by atoms with van der Waals surface area (Å²) in [5.41, 5.74) is 5.18. The first-order valence-electron chi connectivity index (χ1n) is 11.2. The van der Waals surface area contributed by atoms with Crippen LogP contribution < -0.4 is 10.1 Å². The highest BCUT2D eigenvalue weighted by Crippen LogP contribution is 2.36. The van der Waals surface area contributed by atoms with Crippen LogP contribution in [0.25, 0.3) is 16.9 Å². The number of hydrogen-bond acceptors (Lipinski definition) is 3. The molecule has 0 aliphatic heterocycles. The largest absolute Gasteiger partial charge is 0.496 e. The van der Waals surface area contributed by atoms with Crippen molar-refractivity contribution in [3.05, 3.63) is 120 Å². The molecule has 0 radical (unpaired) electrons. The van der Waals surface area contributed by atoms with Gasteiger partial charge < -0.3 is 10.1 Å². The molecule has 168 valence electrons. The number of carbonyl (C=O) groups excluding carboxylic acids is 1. The fourth-order valence-corrected chi connectivity index (χ4v) is 4.27. The van der Waals surface area contributed by atoms with E-state index in [2.05, 4.69) is 5.32 Å². The first-order chi connectivity index (χ1) is 16.7. The van der Waals surface area contributed by atoms with Gasteiger partial charge in [0.25, 0.3) is 0 Å². The van der Waals surface area contributed by atoms with Gasteiger partial charge >= 0.3 is 0 Å². The lowest BCUT2D eigenvalue weighted by molar-refractivity contribution is -0.116. The third-order valence-electron chi connectivity index (χ3n) is 5.91. The van der Waals surface area contributed by atoms with Crippen LogP contribution in [0.1, 0.15) is 22.6 Å². The lowest BCUT2D eigenvalue weighted by atomic mass is 9.90. The fraction of sp³-hybridized carbons (Fsp3) is 0.103. The average Bonchev–Trinajstić information content (AvgIpc) is 3.22. The van der Waals surface area contributed by atoms with Gasteiger partial charge in [0.05, 0.1) is 13.0 Å². The van der Waals surface area contributed by atoms with Crippen LogP contribution >= 0.6 is 0 Å². The van der Waals surface area contributed by atoms with E-state index in [1.54, 1.807) is 7.11 Å². The summed E-state index contributed by atoms with van der Waals surface area (Å²) in [6.07, 6.45) is 1.94. The molecule has 0 saturated heterocycles. The molecule has 3 aromatic carbocycles. The zero-order chi connectivity index (χ0) is 23.5. The van der Waals surface area contributed by atoms with E-state index in [0.29, 0.717) is 17.3 Å². The van der Waals surface area contributed by atoms with E-state index in [0.717, 1.165) is 27.9 Å². The molecule has 1 N–H and O–H groups in total. The Morgan fingerprint density at radius 1 is 0.882 bits per heavy atom. The number of fused-ring (bicyclic) bond motifs is 1. The number of anilines is 1. The van der Waals surface area contributed by atoms with Crippen molar-refractivity contribution in [2.75, 3.05) is 12.4 Å². The minimum Gasteiger partial charge on any atom is -0.496 e. The molecule has 1 amide bonds. The zero-order valence-electron chi connectivity index (χ0n) is 19.1. The molecule has 2 aromatic heterocycles. The Hall–Kier alpha value is -4.38. The maximum atomic E-state index is 13.9. The van der Waals surface area contributed by atoms with Crippen LogP contribution in [0.5, 0.6) is 5.75 Å². The summed E-state index contributed by atoms with van der Waals surface area (Å²) in [6.45, 7) is 2.02. The highest BCUT2D eigenvalue weighted by Gasteiger charge is 2.26. The number of para-hydroxylation sites is 1. The SMILES string of the molecule is COc1ccccc1-c1nc2cc(C)ccn2c1NC(=O)C(c1ccccc1)c1ccccc1. The quantitative estimate of drug-likeness (QED) is 0.343. The maximum absolute atomic E-state index is 13.9. The molecular formula is C29H25N3O2. The predicted octanol–water partition coefficient (Wildman–Crippen LogP) is 6.09. The lowest BCUT2D eigenvalue weighted by Gasteiger charge is -2.18. The van der Waals surface area contributed by atoms with E-state index in [1.165, 1.54) is 0 Å². The summed E-state index contributed by atoms with van der Waals surface area (Å²) in [5, 5.41) is 3.21. The summed E-state index contributed by atoms with van der Waals surface area (Å²) in [7, 11) is 1.64. The lowest BCUT2D eigenvalue weighted by Crippen LogP contribution is -2.23. The van der Waals surface area contributed by atoms with E-state index in [-0.39, 0.29) is 5.91 Å². The van der Waals surface area contributed by atoms with Gasteiger partial charge in [-0.15, -0.1) is 0 Å². The summed E-state index contributed by atoms with van der Waals surface area (Å²) < 4.78 is 7.52. The van der Waals surface area contributed by atoms with E-state index in [1.807, 2.05) is 115 Å². The smallest absolute Gasteiger partial charge is 0.237 e. The molecule has 0 spiro atoms. The standard InChI is InChI=1S/C29H25N3O2/c1-20-17-18-32-25(19-20)30-27(23-15-9-10-16-24(23)34-2)28(32)31-29(33)26(21-11-5-3-6-12-21)22-13-7-4-8-14-22/h3-19,26H,1-2H3,(H,31,33). The van der Waals surface area contributed by atoms with E-state index < -0.39 is 5.92 Å². The average molecular weight is 448 g/mol. The van der Waals surface area contributed by atoms with Crippen molar-refractivity contribution in [1.82, 2.24) is 9.38 Å². The minimum absolute atomic E-state index is 0.129.